The average Bonchev–Trinajstić information content (AvgIpc) is 2.38. The number of aromatic nitrogens is 1. The first-order valence-electron chi connectivity index (χ1n) is 6.00. The van der Waals surface area contributed by atoms with Gasteiger partial charge in [0.25, 0.3) is 0 Å². The molecule has 0 bridgehead atoms. The number of halogens is 4. The van der Waals surface area contributed by atoms with Crippen molar-refractivity contribution in [3.63, 3.8) is 0 Å². The molecule has 0 aromatic carbocycles. The van der Waals surface area contributed by atoms with Gasteiger partial charge in [-0.05, 0) is 25.0 Å². The van der Waals surface area contributed by atoms with Crippen LogP contribution in [0.4, 0.5) is 13.2 Å². The Morgan fingerprint density at radius 3 is 2.48 bits per heavy atom. The van der Waals surface area contributed by atoms with Gasteiger partial charge in [-0.15, -0.1) is 12.4 Å². The second-order valence-electron chi connectivity index (χ2n) is 4.64. The predicted molar refractivity (Wildman–Crippen MR) is 72.5 cm³/mol. The van der Waals surface area contributed by atoms with E-state index in [-0.39, 0.29) is 29.9 Å². The zero-order chi connectivity index (χ0) is 15.0. The van der Waals surface area contributed by atoms with Gasteiger partial charge in [0.05, 0.1) is 0 Å². The number of pyridine rings is 1. The highest BCUT2D eigenvalue weighted by atomic mass is 35.5. The first-order chi connectivity index (χ1) is 9.21. The molecule has 1 aromatic heterocycles. The van der Waals surface area contributed by atoms with Crippen molar-refractivity contribution < 1.29 is 21.6 Å². The topological polar surface area (TPSA) is 76.3 Å². The molecule has 2 heterocycles. The van der Waals surface area contributed by atoms with Crippen LogP contribution in [-0.2, 0) is 16.2 Å². The minimum atomic E-state index is -4.59. The molecular weight excluding hydrogens is 331 g/mol. The molecule has 0 amide bonds. The van der Waals surface area contributed by atoms with Crippen molar-refractivity contribution >= 4 is 22.4 Å². The monoisotopic (exact) mass is 345 g/mol. The van der Waals surface area contributed by atoms with E-state index in [1.165, 1.54) is 4.31 Å². The molecule has 10 heteroatoms. The van der Waals surface area contributed by atoms with Crippen molar-refractivity contribution in [1.29, 1.82) is 0 Å². The van der Waals surface area contributed by atoms with Crippen LogP contribution in [0.25, 0.3) is 0 Å². The number of alkyl halides is 3. The molecule has 2 rings (SSSR count). The van der Waals surface area contributed by atoms with Gasteiger partial charge in [0.15, 0.2) is 0 Å². The number of rotatable bonds is 2. The van der Waals surface area contributed by atoms with E-state index in [9.17, 15) is 21.6 Å². The Hall–Kier alpha value is -0.900. The minimum Gasteiger partial charge on any atom is -0.327 e. The number of piperidine rings is 1. The molecule has 120 valence electrons. The van der Waals surface area contributed by atoms with E-state index in [1.807, 2.05) is 0 Å². The third-order valence-electron chi connectivity index (χ3n) is 3.09. The van der Waals surface area contributed by atoms with Gasteiger partial charge in [-0.25, -0.2) is 8.42 Å². The lowest BCUT2D eigenvalue weighted by Crippen LogP contribution is -2.45. The highest BCUT2D eigenvalue weighted by molar-refractivity contribution is 7.89. The van der Waals surface area contributed by atoms with Gasteiger partial charge >= 0.3 is 6.18 Å². The van der Waals surface area contributed by atoms with E-state index in [0.29, 0.717) is 19.0 Å². The number of nitrogens with zero attached hydrogens (tertiary/aromatic N) is 2. The van der Waals surface area contributed by atoms with Crippen molar-refractivity contribution in [3.8, 4) is 0 Å². The van der Waals surface area contributed by atoms with Crippen molar-refractivity contribution in [2.24, 2.45) is 5.73 Å². The van der Waals surface area contributed by atoms with Crippen molar-refractivity contribution in [1.82, 2.24) is 9.29 Å². The molecule has 0 spiro atoms. The van der Waals surface area contributed by atoms with Crippen LogP contribution in [0.2, 0.25) is 0 Å². The van der Waals surface area contributed by atoms with Crippen LogP contribution in [0.3, 0.4) is 0 Å². The standard InChI is InChI=1S/C11H14F3N3O2S.ClH/c12-11(13,14)10-4-3-9(6-16-10)20(18,19)17-5-1-2-8(15)7-17;/h3-4,6,8H,1-2,5,7,15H2;1H. The van der Waals surface area contributed by atoms with Gasteiger partial charge in [0.1, 0.15) is 10.6 Å². The summed E-state index contributed by atoms with van der Waals surface area (Å²) >= 11 is 0. The Morgan fingerprint density at radius 1 is 1.33 bits per heavy atom. The quantitative estimate of drug-likeness (QED) is 0.884. The van der Waals surface area contributed by atoms with Crippen LogP contribution in [0, 0.1) is 0 Å². The van der Waals surface area contributed by atoms with Crippen LogP contribution < -0.4 is 5.73 Å². The number of hydrogen-bond acceptors (Lipinski definition) is 4. The van der Waals surface area contributed by atoms with E-state index < -0.39 is 21.9 Å². The van der Waals surface area contributed by atoms with E-state index in [4.69, 9.17) is 5.73 Å². The lowest BCUT2D eigenvalue weighted by molar-refractivity contribution is -0.141. The summed E-state index contributed by atoms with van der Waals surface area (Å²) in [6, 6.07) is 1.34. The second-order valence-corrected chi connectivity index (χ2v) is 6.58. The van der Waals surface area contributed by atoms with Gasteiger partial charge in [-0.3, -0.25) is 4.98 Å². The van der Waals surface area contributed by atoms with Crippen molar-refractivity contribution in [2.45, 2.75) is 30.0 Å². The van der Waals surface area contributed by atoms with Crippen LogP contribution in [0.15, 0.2) is 23.2 Å². The van der Waals surface area contributed by atoms with E-state index >= 15 is 0 Å². The molecule has 2 N–H and O–H groups in total. The smallest absolute Gasteiger partial charge is 0.327 e. The Kier molecular flexibility index (Phi) is 5.59. The van der Waals surface area contributed by atoms with E-state index in [1.54, 1.807) is 0 Å². The Bertz CT molecular complexity index is 577. The number of nitrogens with two attached hydrogens (primary N) is 1. The molecule has 1 atom stereocenters. The fourth-order valence-corrected chi connectivity index (χ4v) is 3.52. The fourth-order valence-electron chi connectivity index (χ4n) is 2.04. The van der Waals surface area contributed by atoms with Crippen molar-refractivity contribution in [2.75, 3.05) is 13.1 Å². The third-order valence-corrected chi connectivity index (χ3v) is 4.93. The number of hydrogen-bond donors (Lipinski definition) is 1. The maximum atomic E-state index is 12.4. The fraction of sp³-hybridized carbons (Fsp3) is 0.545. The summed E-state index contributed by atoms with van der Waals surface area (Å²) in [5, 5.41) is 0. The number of sulfonamides is 1. The molecule has 1 aliphatic heterocycles. The normalized spacial score (nSPS) is 20.9. The molecule has 1 fully saturated rings. The summed E-state index contributed by atoms with van der Waals surface area (Å²) in [5.41, 5.74) is 4.59. The molecule has 1 aliphatic rings. The lowest BCUT2D eigenvalue weighted by atomic mass is 10.1. The Morgan fingerprint density at radius 2 is 2.00 bits per heavy atom. The first-order valence-corrected chi connectivity index (χ1v) is 7.44. The molecule has 5 nitrogen and oxygen atoms in total. The molecular formula is C11H15ClF3N3O2S. The first kappa shape index (κ1) is 18.1. The van der Waals surface area contributed by atoms with E-state index in [2.05, 4.69) is 4.98 Å². The maximum Gasteiger partial charge on any atom is 0.433 e. The molecule has 1 aromatic rings. The van der Waals surface area contributed by atoms with Crippen LogP contribution >= 0.6 is 12.4 Å². The predicted octanol–water partition coefficient (Wildman–Crippen LogP) is 1.63. The molecule has 0 aliphatic carbocycles. The Labute approximate surface area is 126 Å². The van der Waals surface area contributed by atoms with Crippen molar-refractivity contribution in [3.05, 3.63) is 24.0 Å². The third kappa shape index (κ3) is 4.06. The summed E-state index contributed by atoms with van der Waals surface area (Å²) in [6.07, 6.45) is -2.49. The van der Waals surface area contributed by atoms with Gasteiger partial charge in [0, 0.05) is 25.3 Å². The zero-order valence-electron chi connectivity index (χ0n) is 10.9. The zero-order valence-corrected chi connectivity index (χ0v) is 12.5. The molecule has 1 saturated heterocycles. The van der Waals surface area contributed by atoms with Crippen LogP contribution in [0.1, 0.15) is 18.5 Å². The summed E-state index contributed by atoms with van der Waals surface area (Å²) in [6.45, 7) is 0.487. The molecule has 0 saturated carbocycles. The summed E-state index contributed by atoms with van der Waals surface area (Å²) in [4.78, 5) is 2.92. The molecule has 21 heavy (non-hydrogen) atoms. The van der Waals surface area contributed by atoms with Crippen LogP contribution in [0.5, 0.6) is 0 Å². The van der Waals surface area contributed by atoms with E-state index in [0.717, 1.165) is 18.7 Å². The van der Waals surface area contributed by atoms with Gasteiger partial charge in [-0.2, -0.15) is 17.5 Å². The summed E-state index contributed by atoms with van der Waals surface area (Å²) < 4.78 is 62.8. The van der Waals surface area contributed by atoms with Gasteiger partial charge in [0.2, 0.25) is 10.0 Å². The summed E-state index contributed by atoms with van der Waals surface area (Å²) in [5.74, 6) is 0. The van der Waals surface area contributed by atoms with Gasteiger partial charge < -0.3 is 5.73 Å². The maximum absolute atomic E-state index is 12.4. The Balaban J connectivity index is 0.00000220. The highest BCUT2D eigenvalue weighted by Crippen LogP contribution is 2.28. The van der Waals surface area contributed by atoms with Crippen LogP contribution in [-0.4, -0.2) is 36.8 Å². The van der Waals surface area contributed by atoms with Gasteiger partial charge in [-0.1, -0.05) is 0 Å². The summed E-state index contributed by atoms with van der Waals surface area (Å²) in [7, 11) is -3.83. The average molecular weight is 346 g/mol. The minimum absolute atomic E-state index is 0. The molecule has 1 unspecified atom stereocenters. The molecule has 0 radical (unpaired) electrons. The highest BCUT2D eigenvalue weighted by Gasteiger charge is 2.34. The SMILES string of the molecule is Cl.NC1CCCN(S(=O)(=O)c2ccc(C(F)(F)F)nc2)C1. The lowest BCUT2D eigenvalue weighted by Gasteiger charge is -2.29. The second kappa shape index (κ2) is 6.47. The largest absolute Gasteiger partial charge is 0.433 e.